The fourth-order valence-electron chi connectivity index (χ4n) is 9.00. The monoisotopic (exact) mass is 1000 g/mol. The number of aliphatic hydroxyl groups excluding tert-OH is 3. The van der Waals surface area contributed by atoms with E-state index in [1.54, 1.807) is 0 Å². The van der Waals surface area contributed by atoms with Crippen molar-refractivity contribution in [3.63, 3.8) is 0 Å². The van der Waals surface area contributed by atoms with Gasteiger partial charge in [0.15, 0.2) is 6.29 Å². The standard InChI is InChI=1S/C56H106O12S/c1-3-5-7-9-11-13-15-17-19-21-23-24-25-26-27-28-30-32-34-36-38-40-42-44-46-64-48-50(49-65-56-54(60)55(68-69(61,62)63)53(59)51(47-57)67-56)66-52(58)45-43-41-39-37-35-33-31-29-22-20-18-16-14-12-10-8-6-4-2/h15,17,21,23,50-51,53-57,59-60H,3-14,16,18-20,22,24-49H2,1-2H3,(H,61,62,63)/b17-15-,23-21-. The fraction of sp³-hybridized carbons (Fsp3) is 0.911. The van der Waals surface area contributed by atoms with Crippen molar-refractivity contribution >= 4 is 16.4 Å². The second-order valence-corrected chi connectivity index (χ2v) is 20.9. The lowest BCUT2D eigenvalue weighted by molar-refractivity contribution is -0.301. The van der Waals surface area contributed by atoms with Crippen LogP contribution in [0.4, 0.5) is 0 Å². The molecule has 0 aromatic rings. The van der Waals surface area contributed by atoms with Crippen molar-refractivity contribution in [1.29, 1.82) is 0 Å². The highest BCUT2D eigenvalue weighted by molar-refractivity contribution is 7.80. The molecular formula is C56H106O12S. The molecule has 6 unspecified atom stereocenters. The Morgan fingerprint density at radius 1 is 0.551 bits per heavy atom. The topological polar surface area (TPSA) is 178 Å². The van der Waals surface area contributed by atoms with Gasteiger partial charge in [-0.2, -0.15) is 8.42 Å². The van der Waals surface area contributed by atoms with Gasteiger partial charge in [0.1, 0.15) is 30.5 Å². The Labute approximate surface area is 422 Å². The number of carbonyl (C=O) groups excluding carboxylic acids is 1. The van der Waals surface area contributed by atoms with Crippen LogP contribution in [0.1, 0.15) is 264 Å². The van der Waals surface area contributed by atoms with Crippen molar-refractivity contribution in [2.45, 2.75) is 301 Å². The molecule has 1 heterocycles. The molecule has 0 bridgehead atoms. The Kier molecular flexibility index (Phi) is 45.2. The zero-order valence-electron chi connectivity index (χ0n) is 44.1. The molecule has 1 aliphatic heterocycles. The summed E-state index contributed by atoms with van der Waals surface area (Å²) < 4.78 is 59.4. The lowest BCUT2D eigenvalue weighted by Gasteiger charge is -2.41. The molecule has 0 aromatic heterocycles. The first-order chi connectivity index (χ1) is 33.6. The third-order valence-electron chi connectivity index (χ3n) is 13.3. The van der Waals surface area contributed by atoms with Gasteiger partial charge in [-0.25, -0.2) is 4.18 Å². The largest absolute Gasteiger partial charge is 0.457 e. The Morgan fingerprint density at radius 3 is 1.38 bits per heavy atom. The van der Waals surface area contributed by atoms with Crippen LogP contribution in [0.2, 0.25) is 0 Å². The Balaban J connectivity index is 2.29. The van der Waals surface area contributed by atoms with Crippen molar-refractivity contribution < 1.29 is 56.2 Å². The van der Waals surface area contributed by atoms with Gasteiger partial charge in [-0.05, 0) is 44.9 Å². The second-order valence-electron chi connectivity index (χ2n) is 19.9. The maximum atomic E-state index is 12.9. The van der Waals surface area contributed by atoms with Gasteiger partial charge >= 0.3 is 16.4 Å². The zero-order valence-corrected chi connectivity index (χ0v) is 45.0. The van der Waals surface area contributed by atoms with Crippen molar-refractivity contribution in [2.24, 2.45) is 0 Å². The predicted octanol–water partition coefficient (Wildman–Crippen LogP) is 13.9. The fourth-order valence-corrected chi connectivity index (χ4v) is 9.51. The van der Waals surface area contributed by atoms with E-state index < -0.39 is 59.8 Å². The molecule has 69 heavy (non-hydrogen) atoms. The van der Waals surface area contributed by atoms with E-state index in [9.17, 15) is 33.1 Å². The summed E-state index contributed by atoms with van der Waals surface area (Å²) in [5.74, 6) is -0.393. The van der Waals surface area contributed by atoms with E-state index in [0.717, 1.165) is 44.9 Å². The van der Waals surface area contributed by atoms with Crippen molar-refractivity contribution in [3.8, 4) is 0 Å². The molecule has 0 amide bonds. The second kappa shape index (κ2) is 47.6. The van der Waals surface area contributed by atoms with Gasteiger partial charge in [-0.3, -0.25) is 9.35 Å². The van der Waals surface area contributed by atoms with Gasteiger partial charge in [-0.15, -0.1) is 0 Å². The van der Waals surface area contributed by atoms with Gasteiger partial charge in [0.2, 0.25) is 0 Å². The van der Waals surface area contributed by atoms with Crippen LogP contribution >= 0.6 is 0 Å². The van der Waals surface area contributed by atoms with E-state index in [-0.39, 0.29) is 19.6 Å². The summed E-state index contributed by atoms with van der Waals surface area (Å²) >= 11 is 0. The normalized spacial score (nSPS) is 19.3. The minimum Gasteiger partial charge on any atom is -0.457 e. The molecule has 0 radical (unpaired) electrons. The molecule has 1 rings (SSSR count). The summed E-state index contributed by atoms with van der Waals surface area (Å²) in [5, 5.41) is 30.8. The van der Waals surface area contributed by atoms with Gasteiger partial charge in [0, 0.05) is 13.0 Å². The van der Waals surface area contributed by atoms with Crippen LogP contribution in [0.3, 0.4) is 0 Å². The lowest BCUT2D eigenvalue weighted by Crippen LogP contribution is -2.60. The van der Waals surface area contributed by atoms with Crippen LogP contribution in [-0.2, 0) is 38.3 Å². The molecule has 0 aliphatic carbocycles. The zero-order chi connectivity index (χ0) is 50.3. The van der Waals surface area contributed by atoms with Gasteiger partial charge in [0.25, 0.3) is 0 Å². The first kappa shape index (κ1) is 65.6. The number of carbonyl (C=O) groups is 1. The Bertz CT molecular complexity index is 1300. The summed E-state index contributed by atoms with van der Waals surface area (Å²) in [6.07, 6.45) is 47.8. The maximum absolute atomic E-state index is 12.9. The van der Waals surface area contributed by atoms with Crippen LogP contribution in [-0.4, -0.2) is 97.5 Å². The molecule has 12 nitrogen and oxygen atoms in total. The SMILES string of the molecule is CCCCCCC/C=C\C/C=C\CCCCCCCCCCCCCCOCC(COC1OC(CO)C(O)C(OS(=O)(=O)O)C1O)OC(=O)CCCCCCCCCCCCCCCCCCCC. The molecular weight excluding hydrogens is 897 g/mol. The van der Waals surface area contributed by atoms with E-state index in [0.29, 0.717) is 13.0 Å². The molecule has 1 fully saturated rings. The molecule has 13 heteroatoms. The number of esters is 1. The van der Waals surface area contributed by atoms with E-state index in [1.807, 2.05) is 0 Å². The van der Waals surface area contributed by atoms with Crippen LogP contribution in [0.25, 0.3) is 0 Å². The van der Waals surface area contributed by atoms with E-state index in [2.05, 4.69) is 42.3 Å². The van der Waals surface area contributed by atoms with Gasteiger partial charge < -0.3 is 34.3 Å². The number of hydrogen-bond donors (Lipinski definition) is 4. The quantitative estimate of drug-likeness (QED) is 0.0196. The number of hydrogen-bond acceptors (Lipinski definition) is 11. The van der Waals surface area contributed by atoms with E-state index in [4.69, 9.17) is 18.9 Å². The Morgan fingerprint density at radius 2 is 0.957 bits per heavy atom. The molecule has 0 saturated carbocycles. The highest BCUT2D eigenvalue weighted by Crippen LogP contribution is 2.26. The maximum Gasteiger partial charge on any atom is 0.397 e. The third kappa shape index (κ3) is 40.7. The average Bonchev–Trinajstić information content (AvgIpc) is 3.32. The number of allylic oxidation sites excluding steroid dienone is 4. The predicted molar refractivity (Wildman–Crippen MR) is 281 cm³/mol. The van der Waals surface area contributed by atoms with Crippen molar-refractivity contribution in [2.75, 3.05) is 26.4 Å². The van der Waals surface area contributed by atoms with Crippen LogP contribution in [0.5, 0.6) is 0 Å². The number of aliphatic hydroxyl groups is 3. The van der Waals surface area contributed by atoms with Crippen molar-refractivity contribution in [1.82, 2.24) is 0 Å². The smallest absolute Gasteiger partial charge is 0.397 e. The van der Waals surface area contributed by atoms with E-state index in [1.165, 1.54) is 193 Å². The summed E-state index contributed by atoms with van der Waals surface area (Å²) in [7, 11) is -5.06. The summed E-state index contributed by atoms with van der Waals surface area (Å²) in [4.78, 5) is 12.9. The van der Waals surface area contributed by atoms with Gasteiger partial charge in [0.05, 0.1) is 19.8 Å². The minimum atomic E-state index is -5.06. The number of ether oxygens (including phenoxy) is 4. The third-order valence-corrected chi connectivity index (χ3v) is 13.8. The minimum absolute atomic E-state index is 0.0400. The van der Waals surface area contributed by atoms with Crippen LogP contribution < -0.4 is 0 Å². The average molecular weight is 1000 g/mol. The molecule has 6 atom stereocenters. The molecule has 4 N–H and O–H groups in total. The molecule has 0 aromatic carbocycles. The Hall–Kier alpha value is -1.42. The summed E-state index contributed by atoms with van der Waals surface area (Å²) in [5.41, 5.74) is 0. The first-order valence-corrected chi connectivity index (χ1v) is 30.0. The molecule has 408 valence electrons. The number of unbranched alkanes of at least 4 members (excludes halogenated alkanes) is 34. The highest BCUT2D eigenvalue weighted by atomic mass is 32.3. The molecule has 1 saturated heterocycles. The molecule has 0 spiro atoms. The van der Waals surface area contributed by atoms with Crippen LogP contribution in [0.15, 0.2) is 24.3 Å². The lowest BCUT2D eigenvalue weighted by atomic mass is 9.99. The summed E-state index contributed by atoms with van der Waals surface area (Å²) in [6.45, 7) is 4.04. The van der Waals surface area contributed by atoms with Crippen LogP contribution in [0, 0.1) is 0 Å². The number of rotatable bonds is 51. The van der Waals surface area contributed by atoms with Crippen molar-refractivity contribution in [3.05, 3.63) is 24.3 Å². The van der Waals surface area contributed by atoms with Gasteiger partial charge in [-0.1, -0.05) is 237 Å². The highest BCUT2D eigenvalue weighted by Gasteiger charge is 2.48. The molecule has 1 aliphatic rings. The summed E-state index contributed by atoms with van der Waals surface area (Å²) in [6, 6.07) is 0. The first-order valence-electron chi connectivity index (χ1n) is 28.6. The van der Waals surface area contributed by atoms with E-state index >= 15 is 0 Å².